The number of hydrogen-bond donors (Lipinski definition) is 2. The number of nitrogens with zero attached hydrogens (tertiary/aromatic N) is 1. The maximum atomic E-state index is 13.3. The van der Waals surface area contributed by atoms with Gasteiger partial charge in [0.1, 0.15) is 13.2 Å². The molecule has 0 bridgehead atoms. The van der Waals surface area contributed by atoms with Crippen molar-refractivity contribution in [3.8, 4) is 17.6 Å². The van der Waals surface area contributed by atoms with Gasteiger partial charge in [0.05, 0.1) is 34.7 Å². The number of ketones is 1. The van der Waals surface area contributed by atoms with Crippen LogP contribution < -0.4 is 20.1 Å². The normalized spacial score (nSPS) is 20.8. The van der Waals surface area contributed by atoms with E-state index in [0.717, 1.165) is 11.3 Å². The van der Waals surface area contributed by atoms with E-state index in [2.05, 4.69) is 16.7 Å². The Kier molecular flexibility index (Phi) is 4.94. The standard InChI is InChI=1S/C26H23N3O4/c1-26(2,16-7-8-22-23(12-16)33-10-9-32-22)29-25(31)18-13-21-19(11-15(18)14-27)24(30)17-5-3-4-6-20(17)28-21/h3-8,11-13,19,21,28H,9-10H2,1-2H3,(H,29,31). The number of benzene rings is 2. The van der Waals surface area contributed by atoms with Crippen LogP contribution in [0, 0.1) is 17.2 Å². The summed E-state index contributed by atoms with van der Waals surface area (Å²) in [7, 11) is 0. The molecule has 0 saturated carbocycles. The van der Waals surface area contributed by atoms with E-state index < -0.39 is 17.5 Å². The molecule has 0 saturated heterocycles. The van der Waals surface area contributed by atoms with Gasteiger partial charge in [-0.25, -0.2) is 0 Å². The molecule has 1 aliphatic carbocycles. The van der Waals surface area contributed by atoms with E-state index >= 15 is 0 Å². The van der Waals surface area contributed by atoms with Gasteiger partial charge in [0, 0.05) is 11.3 Å². The average Bonchev–Trinajstić information content (AvgIpc) is 2.83. The van der Waals surface area contributed by atoms with Gasteiger partial charge >= 0.3 is 0 Å². The van der Waals surface area contributed by atoms with Crippen LogP contribution in [0.5, 0.6) is 11.5 Å². The third kappa shape index (κ3) is 3.64. The van der Waals surface area contributed by atoms with Crippen molar-refractivity contribution in [1.82, 2.24) is 5.32 Å². The molecule has 7 heteroatoms. The largest absolute Gasteiger partial charge is 0.486 e. The van der Waals surface area contributed by atoms with Crippen LogP contribution in [0.3, 0.4) is 0 Å². The Balaban J connectivity index is 1.42. The lowest BCUT2D eigenvalue weighted by molar-refractivity contribution is -0.118. The number of rotatable bonds is 3. The third-order valence-electron chi connectivity index (χ3n) is 6.24. The Bertz CT molecular complexity index is 1270. The molecule has 166 valence electrons. The number of ether oxygens (including phenoxy) is 2. The lowest BCUT2D eigenvalue weighted by Crippen LogP contribution is -2.44. The Morgan fingerprint density at radius 1 is 1.12 bits per heavy atom. The summed E-state index contributed by atoms with van der Waals surface area (Å²) < 4.78 is 11.3. The highest BCUT2D eigenvalue weighted by molar-refractivity contribution is 6.08. The molecular weight excluding hydrogens is 418 g/mol. The smallest absolute Gasteiger partial charge is 0.253 e. The van der Waals surface area contributed by atoms with E-state index in [4.69, 9.17) is 9.47 Å². The summed E-state index contributed by atoms with van der Waals surface area (Å²) in [6.45, 7) is 4.75. The molecule has 2 unspecified atom stereocenters. The third-order valence-corrected chi connectivity index (χ3v) is 6.24. The molecule has 0 radical (unpaired) electrons. The fourth-order valence-electron chi connectivity index (χ4n) is 4.45. The predicted octanol–water partition coefficient (Wildman–Crippen LogP) is 3.49. The van der Waals surface area contributed by atoms with Crippen LogP contribution in [0.25, 0.3) is 0 Å². The van der Waals surface area contributed by atoms with Crippen molar-refractivity contribution in [3.63, 3.8) is 0 Å². The molecule has 2 aliphatic heterocycles. The summed E-state index contributed by atoms with van der Waals surface area (Å²) in [6.07, 6.45) is 3.29. The molecule has 33 heavy (non-hydrogen) atoms. The number of carbonyl (C=O) groups is 2. The zero-order valence-corrected chi connectivity index (χ0v) is 18.3. The van der Waals surface area contributed by atoms with Crippen molar-refractivity contribution >= 4 is 17.4 Å². The fraction of sp³-hybridized carbons (Fsp3) is 0.269. The minimum absolute atomic E-state index is 0.0607. The Morgan fingerprint density at radius 3 is 2.67 bits per heavy atom. The Labute approximate surface area is 191 Å². The molecule has 7 nitrogen and oxygen atoms in total. The van der Waals surface area contributed by atoms with Crippen molar-refractivity contribution in [1.29, 1.82) is 5.26 Å². The lowest BCUT2D eigenvalue weighted by Gasteiger charge is -2.34. The van der Waals surface area contributed by atoms with Gasteiger partial charge in [-0.2, -0.15) is 5.26 Å². The van der Waals surface area contributed by atoms with E-state index in [1.165, 1.54) is 0 Å². The van der Waals surface area contributed by atoms with Crippen LogP contribution in [-0.2, 0) is 10.3 Å². The van der Waals surface area contributed by atoms with E-state index in [9.17, 15) is 14.9 Å². The van der Waals surface area contributed by atoms with Gasteiger partial charge < -0.3 is 20.1 Å². The molecule has 2 aromatic carbocycles. The van der Waals surface area contributed by atoms with Crippen LogP contribution >= 0.6 is 0 Å². The SMILES string of the molecule is CC(C)(NC(=O)C1=CC2Nc3ccccc3C(=O)C2C=C1C#N)c1ccc2c(c1)OCCO2. The van der Waals surface area contributed by atoms with E-state index in [0.29, 0.717) is 30.3 Å². The van der Waals surface area contributed by atoms with Crippen LogP contribution in [0.15, 0.2) is 65.8 Å². The molecule has 5 rings (SSSR count). The van der Waals surface area contributed by atoms with Crippen molar-refractivity contribution < 1.29 is 19.1 Å². The van der Waals surface area contributed by atoms with Crippen LogP contribution in [0.1, 0.15) is 29.8 Å². The van der Waals surface area contributed by atoms with Crippen molar-refractivity contribution in [2.45, 2.75) is 25.4 Å². The van der Waals surface area contributed by atoms with Gasteiger partial charge in [-0.1, -0.05) is 24.3 Å². The van der Waals surface area contributed by atoms with E-state index in [1.807, 2.05) is 50.2 Å². The first-order valence-electron chi connectivity index (χ1n) is 10.8. The monoisotopic (exact) mass is 441 g/mol. The van der Waals surface area contributed by atoms with E-state index in [-0.39, 0.29) is 22.8 Å². The number of nitrogens with one attached hydrogen (secondary N) is 2. The van der Waals surface area contributed by atoms with Gasteiger partial charge in [-0.3, -0.25) is 9.59 Å². The van der Waals surface area contributed by atoms with E-state index in [1.54, 1.807) is 18.2 Å². The second-order valence-electron chi connectivity index (χ2n) is 8.82. The van der Waals surface area contributed by atoms with Gasteiger partial charge in [0.15, 0.2) is 17.3 Å². The van der Waals surface area contributed by atoms with Gasteiger partial charge in [-0.15, -0.1) is 0 Å². The summed E-state index contributed by atoms with van der Waals surface area (Å²) in [5.74, 6) is 0.346. The molecule has 2 N–H and O–H groups in total. The first-order chi connectivity index (χ1) is 15.9. The van der Waals surface area contributed by atoms with Gasteiger partial charge in [-0.05, 0) is 49.8 Å². The maximum absolute atomic E-state index is 13.3. The predicted molar refractivity (Wildman–Crippen MR) is 122 cm³/mol. The summed E-state index contributed by atoms with van der Waals surface area (Å²) in [5.41, 5.74) is 1.87. The minimum atomic E-state index is -0.742. The average molecular weight is 441 g/mol. The fourth-order valence-corrected chi connectivity index (χ4v) is 4.45. The van der Waals surface area contributed by atoms with Crippen LogP contribution in [-0.4, -0.2) is 30.9 Å². The zero-order valence-electron chi connectivity index (χ0n) is 18.3. The summed E-state index contributed by atoms with van der Waals surface area (Å²) in [4.78, 5) is 26.3. The van der Waals surface area contributed by atoms with Crippen LogP contribution in [0.4, 0.5) is 5.69 Å². The highest BCUT2D eigenvalue weighted by Crippen LogP contribution is 2.36. The van der Waals surface area contributed by atoms with Gasteiger partial charge in [0.2, 0.25) is 0 Å². The minimum Gasteiger partial charge on any atom is -0.486 e. The first-order valence-corrected chi connectivity index (χ1v) is 10.8. The first kappa shape index (κ1) is 20.8. The highest BCUT2D eigenvalue weighted by atomic mass is 16.6. The second kappa shape index (κ2) is 7.82. The molecule has 2 atom stereocenters. The lowest BCUT2D eigenvalue weighted by atomic mass is 9.79. The molecule has 0 fully saturated rings. The Morgan fingerprint density at radius 2 is 1.88 bits per heavy atom. The molecule has 3 aliphatic rings. The number of amides is 1. The molecular formula is C26H23N3O4. The number of hydrogen-bond acceptors (Lipinski definition) is 6. The summed E-state index contributed by atoms with van der Waals surface area (Å²) in [5, 5.41) is 16.1. The van der Waals surface area contributed by atoms with Crippen molar-refractivity contribution in [3.05, 3.63) is 76.9 Å². The number of fused-ring (bicyclic) bond motifs is 3. The highest BCUT2D eigenvalue weighted by Gasteiger charge is 2.38. The number of carbonyl (C=O) groups excluding carboxylic acids is 2. The quantitative estimate of drug-likeness (QED) is 0.756. The summed E-state index contributed by atoms with van der Waals surface area (Å²) in [6, 6.07) is 14.5. The molecule has 0 spiro atoms. The van der Waals surface area contributed by atoms with Crippen molar-refractivity contribution in [2.24, 2.45) is 5.92 Å². The Hall–Kier alpha value is -4.05. The molecule has 2 aromatic rings. The second-order valence-corrected chi connectivity index (χ2v) is 8.82. The number of anilines is 1. The molecule has 2 heterocycles. The van der Waals surface area contributed by atoms with Crippen LogP contribution in [0.2, 0.25) is 0 Å². The summed E-state index contributed by atoms with van der Waals surface area (Å²) >= 11 is 0. The number of para-hydroxylation sites is 1. The van der Waals surface area contributed by atoms with Gasteiger partial charge in [0.25, 0.3) is 5.91 Å². The zero-order chi connectivity index (χ0) is 23.2. The molecule has 1 amide bonds. The molecule has 0 aromatic heterocycles. The maximum Gasteiger partial charge on any atom is 0.253 e. The number of nitriles is 1. The topological polar surface area (TPSA) is 100 Å². The number of Topliss-reactive ketones (excluding diaryl/α,β-unsaturated/α-hetero) is 1. The van der Waals surface area contributed by atoms with Crippen molar-refractivity contribution in [2.75, 3.05) is 18.5 Å².